The van der Waals surface area contributed by atoms with Gasteiger partial charge in [-0.3, -0.25) is 10.1 Å². The van der Waals surface area contributed by atoms with Crippen molar-refractivity contribution in [3.63, 3.8) is 0 Å². The van der Waals surface area contributed by atoms with E-state index in [-0.39, 0.29) is 11.4 Å². The highest BCUT2D eigenvalue weighted by molar-refractivity contribution is 5.57. The lowest BCUT2D eigenvalue weighted by Crippen LogP contribution is -2.29. The van der Waals surface area contributed by atoms with Crippen LogP contribution in [0.2, 0.25) is 0 Å². The highest BCUT2D eigenvalue weighted by atomic mass is 16.7. The van der Waals surface area contributed by atoms with Crippen LogP contribution in [0.1, 0.15) is 13.8 Å². The number of fused-ring (bicyclic) bond motifs is 1. The molecule has 1 heterocycles. The zero-order valence-corrected chi connectivity index (χ0v) is 7.81. The van der Waals surface area contributed by atoms with Gasteiger partial charge in [0.15, 0.2) is 5.75 Å². The summed E-state index contributed by atoms with van der Waals surface area (Å²) >= 11 is 0. The molecule has 1 aliphatic heterocycles. The Hall–Kier alpha value is -1.78. The lowest BCUT2D eigenvalue weighted by Gasteiger charge is -2.15. The molecule has 0 saturated heterocycles. The summed E-state index contributed by atoms with van der Waals surface area (Å²) < 4.78 is 10.7. The predicted molar refractivity (Wildman–Crippen MR) is 48.4 cm³/mol. The molecule has 0 atom stereocenters. The first-order chi connectivity index (χ1) is 6.49. The molecular weight excluding hydrogens is 186 g/mol. The van der Waals surface area contributed by atoms with Crippen LogP contribution in [-0.2, 0) is 0 Å². The van der Waals surface area contributed by atoms with Crippen LogP contribution in [0.15, 0.2) is 18.2 Å². The lowest BCUT2D eigenvalue weighted by molar-refractivity contribution is -0.386. The second kappa shape index (κ2) is 2.60. The van der Waals surface area contributed by atoms with E-state index in [1.54, 1.807) is 26.0 Å². The molecular formula is C9H9NO4. The first kappa shape index (κ1) is 8.80. The zero-order valence-electron chi connectivity index (χ0n) is 7.81. The van der Waals surface area contributed by atoms with Crippen molar-refractivity contribution < 1.29 is 14.4 Å². The maximum absolute atomic E-state index is 10.6. The highest BCUT2D eigenvalue weighted by Crippen LogP contribution is 2.45. The van der Waals surface area contributed by atoms with Gasteiger partial charge in [-0.15, -0.1) is 0 Å². The Balaban J connectivity index is 2.52. The van der Waals surface area contributed by atoms with Gasteiger partial charge in [0.2, 0.25) is 11.5 Å². The molecule has 0 radical (unpaired) electrons. The van der Waals surface area contributed by atoms with Gasteiger partial charge >= 0.3 is 5.69 Å². The molecule has 5 heteroatoms. The summed E-state index contributed by atoms with van der Waals surface area (Å²) in [5, 5.41) is 10.6. The Morgan fingerprint density at radius 2 is 2.07 bits per heavy atom. The van der Waals surface area contributed by atoms with E-state index in [1.165, 1.54) is 6.07 Å². The molecule has 2 rings (SSSR count). The molecule has 0 aromatic heterocycles. The Morgan fingerprint density at radius 3 is 2.71 bits per heavy atom. The first-order valence-electron chi connectivity index (χ1n) is 4.15. The predicted octanol–water partition coefficient (Wildman–Crippen LogP) is 2.10. The molecule has 5 nitrogen and oxygen atoms in total. The number of para-hydroxylation sites is 1. The lowest BCUT2D eigenvalue weighted by atomic mass is 10.3. The number of nitrogens with zero attached hydrogens (tertiary/aromatic N) is 1. The standard InChI is InChI=1S/C9H9NO4/c1-9(2)13-7-5-3-4-6(10(11)12)8(7)14-9/h3-5H,1-2H3. The SMILES string of the molecule is CC1(C)Oc2cccc([N+](=O)[O-])c2O1. The van der Waals surface area contributed by atoms with Crippen LogP contribution in [0.4, 0.5) is 5.69 Å². The number of ether oxygens (including phenoxy) is 2. The van der Waals surface area contributed by atoms with Crippen LogP contribution in [0.3, 0.4) is 0 Å². The summed E-state index contributed by atoms with van der Waals surface area (Å²) in [6.07, 6.45) is 0. The number of benzene rings is 1. The van der Waals surface area contributed by atoms with Crippen molar-refractivity contribution in [1.29, 1.82) is 0 Å². The van der Waals surface area contributed by atoms with Gasteiger partial charge in [-0.25, -0.2) is 0 Å². The van der Waals surface area contributed by atoms with Crippen LogP contribution in [0, 0.1) is 10.1 Å². The van der Waals surface area contributed by atoms with Gasteiger partial charge in [0, 0.05) is 19.9 Å². The quantitative estimate of drug-likeness (QED) is 0.508. The van der Waals surface area contributed by atoms with Crippen molar-refractivity contribution in [1.82, 2.24) is 0 Å². The van der Waals surface area contributed by atoms with Crippen molar-refractivity contribution in [2.24, 2.45) is 0 Å². The molecule has 1 aromatic carbocycles. The molecule has 1 aromatic rings. The number of nitro groups is 1. The maximum atomic E-state index is 10.6. The molecule has 0 unspecified atom stereocenters. The Kier molecular flexibility index (Phi) is 1.64. The third-order valence-corrected chi connectivity index (χ3v) is 1.86. The van der Waals surface area contributed by atoms with Crippen molar-refractivity contribution in [3.8, 4) is 11.5 Å². The van der Waals surface area contributed by atoms with Gasteiger partial charge < -0.3 is 9.47 Å². The molecule has 0 saturated carbocycles. The molecule has 0 N–H and O–H groups in total. The molecule has 1 aliphatic rings. The number of nitro benzene ring substituents is 1. The molecule has 74 valence electrons. The van der Waals surface area contributed by atoms with Crippen molar-refractivity contribution >= 4 is 5.69 Å². The Labute approximate surface area is 80.4 Å². The van der Waals surface area contributed by atoms with Crippen molar-refractivity contribution in [2.45, 2.75) is 19.6 Å². The third-order valence-electron chi connectivity index (χ3n) is 1.86. The van der Waals surface area contributed by atoms with Gasteiger partial charge in [-0.1, -0.05) is 6.07 Å². The summed E-state index contributed by atoms with van der Waals surface area (Å²) in [7, 11) is 0. The topological polar surface area (TPSA) is 61.6 Å². The summed E-state index contributed by atoms with van der Waals surface area (Å²) in [4.78, 5) is 10.2. The van der Waals surface area contributed by atoms with Crippen LogP contribution in [-0.4, -0.2) is 10.7 Å². The normalized spacial score (nSPS) is 16.7. The van der Waals surface area contributed by atoms with E-state index in [0.29, 0.717) is 5.75 Å². The average Bonchev–Trinajstić information content (AvgIpc) is 2.36. The molecule has 0 amide bonds. The first-order valence-corrected chi connectivity index (χ1v) is 4.15. The number of hydrogen-bond acceptors (Lipinski definition) is 4. The second-order valence-corrected chi connectivity index (χ2v) is 3.47. The minimum atomic E-state index is -0.825. The Bertz CT molecular complexity index is 400. The van der Waals surface area contributed by atoms with Gasteiger partial charge in [-0.05, 0) is 6.07 Å². The number of rotatable bonds is 1. The van der Waals surface area contributed by atoms with Gasteiger partial charge in [0.05, 0.1) is 4.92 Å². The third kappa shape index (κ3) is 1.26. The van der Waals surface area contributed by atoms with Crippen LogP contribution in [0.5, 0.6) is 11.5 Å². The minimum Gasteiger partial charge on any atom is -0.449 e. The average molecular weight is 195 g/mol. The molecule has 0 spiro atoms. The Morgan fingerprint density at radius 1 is 1.36 bits per heavy atom. The fourth-order valence-electron chi connectivity index (χ4n) is 1.36. The van der Waals surface area contributed by atoms with Crippen LogP contribution >= 0.6 is 0 Å². The van der Waals surface area contributed by atoms with Gasteiger partial charge in [-0.2, -0.15) is 0 Å². The van der Waals surface area contributed by atoms with E-state index in [0.717, 1.165) is 0 Å². The van der Waals surface area contributed by atoms with Crippen molar-refractivity contribution in [3.05, 3.63) is 28.3 Å². The molecule has 0 bridgehead atoms. The molecule has 0 aliphatic carbocycles. The summed E-state index contributed by atoms with van der Waals surface area (Å²) in [6, 6.07) is 4.61. The summed E-state index contributed by atoms with van der Waals surface area (Å²) in [5.74, 6) is -0.194. The van der Waals surface area contributed by atoms with E-state index in [4.69, 9.17) is 9.47 Å². The second-order valence-electron chi connectivity index (χ2n) is 3.47. The smallest absolute Gasteiger partial charge is 0.315 e. The van der Waals surface area contributed by atoms with Crippen LogP contribution < -0.4 is 9.47 Å². The highest BCUT2D eigenvalue weighted by Gasteiger charge is 2.36. The summed E-state index contributed by atoms with van der Waals surface area (Å²) in [6.45, 7) is 3.41. The summed E-state index contributed by atoms with van der Waals surface area (Å²) in [5.41, 5.74) is -0.0620. The van der Waals surface area contributed by atoms with Gasteiger partial charge in [0.1, 0.15) is 0 Å². The van der Waals surface area contributed by atoms with E-state index in [1.807, 2.05) is 0 Å². The zero-order chi connectivity index (χ0) is 10.3. The number of hydrogen-bond donors (Lipinski definition) is 0. The molecule has 14 heavy (non-hydrogen) atoms. The monoisotopic (exact) mass is 195 g/mol. The van der Waals surface area contributed by atoms with E-state index >= 15 is 0 Å². The largest absolute Gasteiger partial charge is 0.449 e. The minimum absolute atomic E-state index is 0.0620. The molecule has 0 fully saturated rings. The van der Waals surface area contributed by atoms with Crippen molar-refractivity contribution in [2.75, 3.05) is 0 Å². The van der Waals surface area contributed by atoms with Gasteiger partial charge in [0.25, 0.3) is 0 Å². The van der Waals surface area contributed by atoms with E-state index in [9.17, 15) is 10.1 Å². The van der Waals surface area contributed by atoms with E-state index in [2.05, 4.69) is 0 Å². The fourth-order valence-corrected chi connectivity index (χ4v) is 1.36. The van der Waals surface area contributed by atoms with E-state index < -0.39 is 10.7 Å². The fraction of sp³-hybridized carbons (Fsp3) is 0.333. The van der Waals surface area contributed by atoms with Crippen LogP contribution in [0.25, 0.3) is 0 Å². The maximum Gasteiger partial charge on any atom is 0.315 e.